The molecule has 1 aliphatic rings. The molecule has 0 radical (unpaired) electrons. The number of hydrogen-bond donors (Lipinski definition) is 1. The summed E-state index contributed by atoms with van der Waals surface area (Å²) in [5.74, 6) is -0.233. The molecule has 1 saturated heterocycles. The van der Waals surface area contributed by atoms with Crippen molar-refractivity contribution >= 4 is 11.8 Å². The van der Waals surface area contributed by atoms with Gasteiger partial charge in [-0.3, -0.25) is 14.5 Å². The number of nitrogens with one attached hydrogen (secondary N) is 1. The maximum Gasteiger partial charge on any atom is 0.247 e. The van der Waals surface area contributed by atoms with Crippen LogP contribution in [0.5, 0.6) is 0 Å². The first-order chi connectivity index (χ1) is 8.09. The van der Waals surface area contributed by atoms with E-state index >= 15 is 0 Å². The van der Waals surface area contributed by atoms with E-state index in [-0.39, 0.29) is 24.3 Å². The highest BCUT2D eigenvalue weighted by Gasteiger charge is 2.39. The number of imide groups is 1. The van der Waals surface area contributed by atoms with Crippen molar-refractivity contribution in [3.63, 3.8) is 0 Å². The standard InChI is InChI=1S/C12H16N2O3/c1-8(2)14-11(15)5-10(12(14)16)13-6-9-3-4-17-7-9/h3-4,7-8,10,13H,5-6H2,1-2H3. The summed E-state index contributed by atoms with van der Waals surface area (Å²) in [6, 6.07) is 1.35. The lowest BCUT2D eigenvalue weighted by atomic mass is 10.2. The van der Waals surface area contributed by atoms with E-state index in [9.17, 15) is 9.59 Å². The third-order valence-corrected chi connectivity index (χ3v) is 2.83. The van der Waals surface area contributed by atoms with Gasteiger partial charge in [0.25, 0.3) is 0 Å². The summed E-state index contributed by atoms with van der Waals surface area (Å²) >= 11 is 0. The van der Waals surface area contributed by atoms with Crippen molar-refractivity contribution in [1.29, 1.82) is 0 Å². The van der Waals surface area contributed by atoms with Crippen LogP contribution in [0.2, 0.25) is 0 Å². The van der Waals surface area contributed by atoms with Crippen molar-refractivity contribution < 1.29 is 14.0 Å². The molecule has 0 aliphatic carbocycles. The topological polar surface area (TPSA) is 62.6 Å². The maximum atomic E-state index is 11.9. The Bertz CT molecular complexity index is 411. The molecule has 1 aromatic rings. The van der Waals surface area contributed by atoms with E-state index in [0.29, 0.717) is 6.54 Å². The average molecular weight is 236 g/mol. The molecule has 1 N–H and O–H groups in total. The Hall–Kier alpha value is -1.62. The SMILES string of the molecule is CC(C)N1C(=O)CC(NCc2ccoc2)C1=O. The molecule has 1 aliphatic heterocycles. The molecule has 1 fully saturated rings. The first-order valence-electron chi connectivity index (χ1n) is 5.70. The van der Waals surface area contributed by atoms with Crippen LogP contribution in [0, 0.1) is 0 Å². The number of carbonyl (C=O) groups excluding carboxylic acids is 2. The molecule has 1 atom stereocenters. The third-order valence-electron chi connectivity index (χ3n) is 2.83. The zero-order chi connectivity index (χ0) is 12.4. The number of amides is 2. The average Bonchev–Trinajstić information content (AvgIpc) is 2.84. The Kier molecular flexibility index (Phi) is 3.28. The number of hydrogen-bond acceptors (Lipinski definition) is 4. The molecular weight excluding hydrogens is 220 g/mol. The Morgan fingerprint density at radius 2 is 2.29 bits per heavy atom. The number of furan rings is 1. The quantitative estimate of drug-likeness (QED) is 0.789. The first kappa shape index (κ1) is 11.9. The van der Waals surface area contributed by atoms with Crippen LogP contribution in [0.15, 0.2) is 23.0 Å². The van der Waals surface area contributed by atoms with Crippen LogP contribution in [0.3, 0.4) is 0 Å². The van der Waals surface area contributed by atoms with Crippen molar-refractivity contribution in [1.82, 2.24) is 10.2 Å². The molecule has 2 heterocycles. The normalized spacial score (nSPS) is 20.6. The lowest BCUT2D eigenvalue weighted by molar-refractivity contribution is -0.140. The number of rotatable bonds is 4. The summed E-state index contributed by atoms with van der Waals surface area (Å²) in [7, 11) is 0. The zero-order valence-electron chi connectivity index (χ0n) is 9.97. The molecule has 92 valence electrons. The Morgan fingerprint density at radius 1 is 1.53 bits per heavy atom. The summed E-state index contributed by atoms with van der Waals surface area (Å²) in [5.41, 5.74) is 0.966. The van der Waals surface area contributed by atoms with Gasteiger partial charge in [-0.25, -0.2) is 0 Å². The van der Waals surface area contributed by atoms with Gasteiger partial charge in [-0.05, 0) is 19.9 Å². The van der Waals surface area contributed by atoms with Gasteiger partial charge in [0.05, 0.1) is 25.0 Å². The summed E-state index contributed by atoms with van der Waals surface area (Å²) in [4.78, 5) is 24.9. The van der Waals surface area contributed by atoms with Crippen molar-refractivity contribution in [2.75, 3.05) is 0 Å². The monoisotopic (exact) mass is 236 g/mol. The van der Waals surface area contributed by atoms with Gasteiger partial charge >= 0.3 is 0 Å². The van der Waals surface area contributed by atoms with Crippen LogP contribution in [-0.2, 0) is 16.1 Å². The van der Waals surface area contributed by atoms with Gasteiger partial charge in [0.2, 0.25) is 11.8 Å². The van der Waals surface area contributed by atoms with E-state index in [1.165, 1.54) is 4.90 Å². The molecule has 2 amide bonds. The molecule has 0 aromatic carbocycles. The lowest BCUT2D eigenvalue weighted by Crippen LogP contribution is -2.41. The van der Waals surface area contributed by atoms with Gasteiger partial charge in [0, 0.05) is 18.2 Å². The number of nitrogens with zero attached hydrogens (tertiary/aromatic N) is 1. The Morgan fingerprint density at radius 3 is 2.82 bits per heavy atom. The predicted octanol–water partition coefficient (Wildman–Crippen LogP) is 0.905. The van der Waals surface area contributed by atoms with Crippen LogP contribution in [-0.4, -0.2) is 28.8 Å². The Balaban J connectivity index is 1.95. The van der Waals surface area contributed by atoms with Gasteiger partial charge in [-0.15, -0.1) is 0 Å². The van der Waals surface area contributed by atoms with E-state index in [0.717, 1.165) is 5.56 Å². The van der Waals surface area contributed by atoms with Crippen molar-refractivity contribution in [3.05, 3.63) is 24.2 Å². The maximum absolute atomic E-state index is 11.9. The second kappa shape index (κ2) is 4.71. The van der Waals surface area contributed by atoms with Gasteiger partial charge in [-0.2, -0.15) is 0 Å². The predicted molar refractivity (Wildman–Crippen MR) is 60.9 cm³/mol. The van der Waals surface area contributed by atoms with Gasteiger partial charge in [-0.1, -0.05) is 0 Å². The van der Waals surface area contributed by atoms with E-state index < -0.39 is 6.04 Å². The molecule has 17 heavy (non-hydrogen) atoms. The summed E-state index contributed by atoms with van der Waals surface area (Å²) in [5, 5.41) is 3.08. The van der Waals surface area contributed by atoms with Gasteiger partial charge in [0.15, 0.2) is 0 Å². The highest BCUT2D eigenvalue weighted by Crippen LogP contribution is 2.16. The van der Waals surface area contributed by atoms with E-state index in [1.807, 2.05) is 19.9 Å². The van der Waals surface area contributed by atoms with E-state index in [1.54, 1.807) is 12.5 Å². The van der Waals surface area contributed by atoms with Crippen molar-refractivity contribution in [2.24, 2.45) is 0 Å². The van der Waals surface area contributed by atoms with Crippen LogP contribution >= 0.6 is 0 Å². The van der Waals surface area contributed by atoms with E-state index in [2.05, 4.69) is 5.32 Å². The molecule has 0 bridgehead atoms. The van der Waals surface area contributed by atoms with Crippen molar-refractivity contribution in [3.8, 4) is 0 Å². The molecular formula is C12H16N2O3. The van der Waals surface area contributed by atoms with Crippen LogP contribution < -0.4 is 5.32 Å². The fraction of sp³-hybridized carbons (Fsp3) is 0.500. The summed E-state index contributed by atoms with van der Waals surface area (Å²) in [6.07, 6.45) is 3.45. The molecule has 5 nitrogen and oxygen atoms in total. The second-order valence-electron chi connectivity index (χ2n) is 4.46. The fourth-order valence-corrected chi connectivity index (χ4v) is 1.99. The summed E-state index contributed by atoms with van der Waals surface area (Å²) in [6.45, 7) is 4.22. The molecule has 1 unspecified atom stereocenters. The van der Waals surface area contributed by atoms with E-state index in [4.69, 9.17) is 4.42 Å². The highest BCUT2D eigenvalue weighted by molar-refractivity contribution is 6.05. The zero-order valence-corrected chi connectivity index (χ0v) is 9.97. The lowest BCUT2D eigenvalue weighted by Gasteiger charge is -2.19. The van der Waals surface area contributed by atoms with Crippen LogP contribution in [0.4, 0.5) is 0 Å². The minimum absolute atomic E-state index is 0.0734. The minimum Gasteiger partial charge on any atom is -0.472 e. The molecule has 5 heteroatoms. The molecule has 2 rings (SSSR count). The largest absolute Gasteiger partial charge is 0.472 e. The van der Waals surface area contributed by atoms with Crippen LogP contribution in [0.25, 0.3) is 0 Å². The number of likely N-dealkylation sites (tertiary alicyclic amines) is 1. The first-order valence-corrected chi connectivity index (χ1v) is 5.70. The number of carbonyl (C=O) groups is 2. The molecule has 1 aromatic heterocycles. The van der Waals surface area contributed by atoms with Gasteiger partial charge < -0.3 is 9.73 Å². The summed E-state index contributed by atoms with van der Waals surface area (Å²) < 4.78 is 4.93. The molecule has 0 saturated carbocycles. The Labute approximate surface area is 99.8 Å². The highest BCUT2D eigenvalue weighted by atomic mass is 16.3. The minimum atomic E-state index is -0.403. The fourth-order valence-electron chi connectivity index (χ4n) is 1.99. The second-order valence-corrected chi connectivity index (χ2v) is 4.46. The molecule has 0 spiro atoms. The van der Waals surface area contributed by atoms with Crippen LogP contribution in [0.1, 0.15) is 25.8 Å². The van der Waals surface area contributed by atoms with Gasteiger partial charge in [0.1, 0.15) is 0 Å². The third kappa shape index (κ3) is 2.39. The smallest absolute Gasteiger partial charge is 0.247 e. The van der Waals surface area contributed by atoms with Crippen molar-refractivity contribution in [2.45, 2.75) is 38.9 Å².